The van der Waals surface area contributed by atoms with Gasteiger partial charge in [0.2, 0.25) is 0 Å². The summed E-state index contributed by atoms with van der Waals surface area (Å²) in [6, 6.07) is 74.6. The number of hydrogen-bond donors (Lipinski definition) is 0. The quantitative estimate of drug-likeness (QED) is 0.173. The summed E-state index contributed by atoms with van der Waals surface area (Å²) in [5.41, 5.74) is 16.0. The number of aromatic nitrogens is 2. The SMILES string of the molecule is c1ccc(-n2c3ccccc3c3c(-c4cccc5c6ccccc6n(-c6cccc(-c7cccc(-c8ccc9oc%10ccccc%10c9c8)c7)c6)c45)cccc32)cc1. The molecule has 0 amide bonds. The Morgan fingerprint density at radius 3 is 1.70 bits per heavy atom. The second kappa shape index (κ2) is 12.5. The van der Waals surface area contributed by atoms with Gasteiger partial charge in [0, 0.05) is 49.3 Å². The van der Waals surface area contributed by atoms with Crippen LogP contribution in [0.4, 0.5) is 0 Å². The molecular formula is C54H34N2O. The molecule has 3 heterocycles. The monoisotopic (exact) mass is 726 g/mol. The Morgan fingerprint density at radius 2 is 0.860 bits per heavy atom. The van der Waals surface area contributed by atoms with Crippen LogP contribution in [-0.4, -0.2) is 9.13 Å². The number of para-hydroxylation sites is 5. The van der Waals surface area contributed by atoms with Crippen LogP contribution < -0.4 is 0 Å². The molecule has 9 aromatic carbocycles. The largest absolute Gasteiger partial charge is 0.456 e. The molecule has 12 aromatic rings. The average Bonchev–Trinajstić information content (AvgIpc) is 3.94. The van der Waals surface area contributed by atoms with Gasteiger partial charge in [-0.1, -0.05) is 140 Å². The highest BCUT2D eigenvalue weighted by molar-refractivity contribution is 6.20. The number of rotatable bonds is 5. The van der Waals surface area contributed by atoms with Crippen LogP contribution in [0.3, 0.4) is 0 Å². The lowest BCUT2D eigenvalue weighted by molar-refractivity contribution is 0.669. The molecule has 0 spiro atoms. The fourth-order valence-electron chi connectivity index (χ4n) is 9.21. The van der Waals surface area contributed by atoms with Crippen LogP contribution in [0.5, 0.6) is 0 Å². The highest BCUT2D eigenvalue weighted by atomic mass is 16.3. The molecule has 57 heavy (non-hydrogen) atoms. The Morgan fingerprint density at radius 1 is 0.298 bits per heavy atom. The van der Waals surface area contributed by atoms with Crippen LogP contribution in [0, 0.1) is 0 Å². The van der Waals surface area contributed by atoms with Gasteiger partial charge >= 0.3 is 0 Å². The van der Waals surface area contributed by atoms with Gasteiger partial charge in [-0.05, 0) is 94.5 Å². The van der Waals surface area contributed by atoms with E-state index in [0.717, 1.165) is 33.3 Å². The van der Waals surface area contributed by atoms with Crippen molar-refractivity contribution in [3.63, 3.8) is 0 Å². The Bertz CT molecular complexity index is 3530. The molecule has 0 aliphatic heterocycles. The standard InChI is InChI=1S/C54H34N2O/c1-2-17-39(18-3-1)55-49-27-8-5-22-46(49)53-43(23-13-28-50(53)55)45-25-12-24-44-41-20-4-7-26-48(41)56(54(44)45)40-19-11-16-37(33-40)35-14-10-15-36(32-35)38-30-31-52-47(34-38)42-21-6-9-29-51(42)57-52/h1-34H. The van der Waals surface area contributed by atoms with Crippen molar-refractivity contribution in [3.05, 3.63) is 206 Å². The fourth-order valence-corrected chi connectivity index (χ4v) is 9.21. The molecule has 0 saturated heterocycles. The molecule has 0 bridgehead atoms. The third kappa shape index (κ3) is 4.86. The van der Waals surface area contributed by atoms with E-state index in [0.29, 0.717) is 0 Å². The van der Waals surface area contributed by atoms with E-state index in [1.807, 2.05) is 12.1 Å². The molecule has 0 aliphatic carbocycles. The van der Waals surface area contributed by atoms with E-state index in [2.05, 4.69) is 203 Å². The number of furan rings is 1. The van der Waals surface area contributed by atoms with Gasteiger partial charge in [0.05, 0.1) is 22.1 Å². The molecule has 0 unspecified atom stereocenters. The maximum absolute atomic E-state index is 6.14. The third-order valence-electron chi connectivity index (χ3n) is 11.7. The molecule has 266 valence electrons. The Kier molecular flexibility index (Phi) is 6.93. The van der Waals surface area contributed by atoms with Crippen molar-refractivity contribution in [2.45, 2.75) is 0 Å². The Hall–Kier alpha value is -7.62. The third-order valence-corrected chi connectivity index (χ3v) is 11.7. The van der Waals surface area contributed by atoms with Crippen molar-refractivity contribution < 1.29 is 4.42 Å². The van der Waals surface area contributed by atoms with Crippen molar-refractivity contribution >= 4 is 65.6 Å². The van der Waals surface area contributed by atoms with E-state index < -0.39 is 0 Å². The van der Waals surface area contributed by atoms with Crippen LogP contribution in [0.15, 0.2) is 211 Å². The minimum Gasteiger partial charge on any atom is -0.456 e. The second-order valence-electron chi connectivity index (χ2n) is 14.9. The van der Waals surface area contributed by atoms with Gasteiger partial charge in [0.1, 0.15) is 11.2 Å². The zero-order valence-corrected chi connectivity index (χ0v) is 30.9. The van der Waals surface area contributed by atoms with Gasteiger partial charge < -0.3 is 13.6 Å². The van der Waals surface area contributed by atoms with Crippen LogP contribution in [0.2, 0.25) is 0 Å². The molecule has 0 N–H and O–H groups in total. The molecule has 3 aromatic heterocycles. The van der Waals surface area contributed by atoms with Crippen molar-refractivity contribution in [2.24, 2.45) is 0 Å². The summed E-state index contributed by atoms with van der Waals surface area (Å²) in [6.45, 7) is 0. The van der Waals surface area contributed by atoms with Gasteiger partial charge in [-0.3, -0.25) is 0 Å². The molecule has 0 atom stereocenters. The van der Waals surface area contributed by atoms with E-state index >= 15 is 0 Å². The molecule has 0 aliphatic rings. The first-order valence-electron chi connectivity index (χ1n) is 19.5. The maximum Gasteiger partial charge on any atom is 0.135 e. The van der Waals surface area contributed by atoms with E-state index in [1.165, 1.54) is 77.0 Å². The normalized spacial score (nSPS) is 11.9. The zero-order chi connectivity index (χ0) is 37.5. The first-order valence-corrected chi connectivity index (χ1v) is 19.5. The summed E-state index contributed by atoms with van der Waals surface area (Å²) in [5, 5.41) is 7.26. The summed E-state index contributed by atoms with van der Waals surface area (Å²) in [6.07, 6.45) is 0. The predicted octanol–water partition coefficient (Wildman–Crippen LogP) is 14.8. The summed E-state index contributed by atoms with van der Waals surface area (Å²) < 4.78 is 11.0. The summed E-state index contributed by atoms with van der Waals surface area (Å²) in [7, 11) is 0. The second-order valence-corrected chi connectivity index (χ2v) is 14.9. The fraction of sp³-hybridized carbons (Fsp3) is 0. The topological polar surface area (TPSA) is 23.0 Å². The van der Waals surface area contributed by atoms with Crippen molar-refractivity contribution in [2.75, 3.05) is 0 Å². The van der Waals surface area contributed by atoms with Crippen LogP contribution >= 0.6 is 0 Å². The first kappa shape index (κ1) is 31.7. The van der Waals surface area contributed by atoms with Gasteiger partial charge in [0.15, 0.2) is 0 Å². The van der Waals surface area contributed by atoms with E-state index in [1.54, 1.807) is 0 Å². The van der Waals surface area contributed by atoms with E-state index in [4.69, 9.17) is 4.42 Å². The number of fused-ring (bicyclic) bond motifs is 9. The highest BCUT2D eigenvalue weighted by Gasteiger charge is 2.21. The van der Waals surface area contributed by atoms with Crippen molar-refractivity contribution in [3.8, 4) is 44.8 Å². The Labute approximate surface area is 328 Å². The van der Waals surface area contributed by atoms with Gasteiger partial charge in [0.25, 0.3) is 0 Å². The zero-order valence-electron chi connectivity index (χ0n) is 30.9. The van der Waals surface area contributed by atoms with Gasteiger partial charge in [-0.15, -0.1) is 0 Å². The lowest BCUT2D eigenvalue weighted by Crippen LogP contribution is -1.96. The molecule has 3 heteroatoms. The predicted molar refractivity (Wildman–Crippen MR) is 239 cm³/mol. The van der Waals surface area contributed by atoms with Crippen molar-refractivity contribution in [1.29, 1.82) is 0 Å². The lowest BCUT2D eigenvalue weighted by atomic mass is 9.96. The lowest BCUT2D eigenvalue weighted by Gasteiger charge is -2.14. The molecule has 0 saturated carbocycles. The summed E-state index contributed by atoms with van der Waals surface area (Å²) in [4.78, 5) is 0. The Balaban J connectivity index is 1.05. The van der Waals surface area contributed by atoms with E-state index in [9.17, 15) is 0 Å². The smallest absolute Gasteiger partial charge is 0.135 e. The number of benzene rings is 9. The van der Waals surface area contributed by atoms with Crippen molar-refractivity contribution in [1.82, 2.24) is 9.13 Å². The minimum absolute atomic E-state index is 0.910. The number of nitrogens with zero attached hydrogens (tertiary/aromatic N) is 2. The average molecular weight is 727 g/mol. The van der Waals surface area contributed by atoms with Gasteiger partial charge in [-0.2, -0.15) is 0 Å². The van der Waals surface area contributed by atoms with Crippen LogP contribution in [0.25, 0.3) is 110 Å². The molecule has 3 nitrogen and oxygen atoms in total. The number of hydrogen-bond acceptors (Lipinski definition) is 1. The molecule has 0 radical (unpaired) electrons. The van der Waals surface area contributed by atoms with Crippen LogP contribution in [0.1, 0.15) is 0 Å². The molecule has 12 rings (SSSR count). The van der Waals surface area contributed by atoms with Crippen LogP contribution in [-0.2, 0) is 0 Å². The molecule has 0 fully saturated rings. The minimum atomic E-state index is 0.910. The van der Waals surface area contributed by atoms with Gasteiger partial charge in [-0.25, -0.2) is 0 Å². The first-order chi connectivity index (χ1) is 28.3. The van der Waals surface area contributed by atoms with E-state index in [-0.39, 0.29) is 0 Å². The summed E-state index contributed by atoms with van der Waals surface area (Å²) in [5.74, 6) is 0. The molecular weight excluding hydrogens is 693 g/mol. The highest BCUT2D eigenvalue weighted by Crippen LogP contribution is 2.44. The summed E-state index contributed by atoms with van der Waals surface area (Å²) >= 11 is 0. The maximum atomic E-state index is 6.14.